The minimum atomic E-state index is 0.761. The van der Waals surface area contributed by atoms with Gasteiger partial charge >= 0.3 is 0 Å². The zero-order valence-corrected chi connectivity index (χ0v) is 13.5. The Bertz CT molecular complexity index is 818. The number of halogens is 1. The van der Waals surface area contributed by atoms with Crippen LogP contribution in [0.2, 0.25) is 5.02 Å². The summed E-state index contributed by atoms with van der Waals surface area (Å²) in [5, 5.41) is 0.783. The largest absolute Gasteiger partial charge is 0.436 e. The molecule has 116 valence electrons. The van der Waals surface area contributed by atoms with Crippen LogP contribution in [0.15, 0.2) is 59.0 Å². The molecule has 1 aliphatic rings. The van der Waals surface area contributed by atoms with Gasteiger partial charge in [-0.15, -0.1) is 0 Å². The van der Waals surface area contributed by atoms with E-state index in [1.165, 1.54) is 11.1 Å². The maximum atomic E-state index is 5.93. The van der Waals surface area contributed by atoms with Crippen molar-refractivity contribution in [3.63, 3.8) is 0 Å². The number of fused-ring (bicyclic) bond motifs is 1. The van der Waals surface area contributed by atoms with Crippen LogP contribution in [0.3, 0.4) is 0 Å². The highest BCUT2D eigenvalue weighted by atomic mass is 35.5. The summed E-state index contributed by atoms with van der Waals surface area (Å²) in [6.45, 7) is 2.86. The van der Waals surface area contributed by atoms with Crippen LogP contribution in [0.25, 0.3) is 16.7 Å². The van der Waals surface area contributed by atoms with E-state index in [9.17, 15) is 0 Å². The third-order valence-corrected chi connectivity index (χ3v) is 4.43. The van der Waals surface area contributed by atoms with Gasteiger partial charge in [0.1, 0.15) is 5.52 Å². The minimum absolute atomic E-state index is 0.761. The molecule has 23 heavy (non-hydrogen) atoms. The van der Waals surface area contributed by atoms with Crippen molar-refractivity contribution in [2.24, 2.45) is 0 Å². The van der Waals surface area contributed by atoms with Gasteiger partial charge in [0.15, 0.2) is 5.58 Å². The van der Waals surface area contributed by atoms with Gasteiger partial charge in [0.2, 0.25) is 5.89 Å². The van der Waals surface area contributed by atoms with Crippen molar-refractivity contribution in [3.05, 3.63) is 71.1 Å². The van der Waals surface area contributed by atoms with Crippen molar-refractivity contribution in [1.82, 2.24) is 9.88 Å². The Balaban J connectivity index is 1.47. The van der Waals surface area contributed by atoms with Crippen LogP contribution in [0.4, 0.5) is 0 Å². The lowest BCUT2D eigenvalue weighted by molar-refractivity contribution is 0.292. The normalized spacial score (nSPS) is 15.8. The fraction of sp³-hybridized carbons (Fsp3) is 0.211. The standard InChI is InChI=1S/C19H17ClN2O/c20-16-7-5-14(6-8-16)13-22-11-9-15(10-12-22)19-21-17-3-1-2-4-18(17)23-19/h1-9H,10-13H2. The summed E-state index contributed by atoms with van der Waals surface area (Å²) >= 11 is 5.93. The molecule has 0 radical (unpaired) electrons. The van der Waals surface area contributed by atoms with E-state index in [2.05, 4.69) is 28.1 Å². The molecule has 0 unspecified atom stereocenters. The Hall–Kier alpha value is -2.10. The fourth-order valence-corrected chi connectivity index (χ4v) is 3.03. The molecule has 0 spiro atoms. The second-order valence-corrected chi connectivity index (χ2v) is 6.26. The van der Waals surface area contributed by atoms with E-state index >= 15 is 0 Å². The van der Waals surface area contributed by atoms with Gasteiger partial charge in [-0.1, -0.05) is 41.9 Å². The van der Waals surface area contributed by atoms with Crippen LogP contribution in [0, 0.1) is 0 Å². The average Bonchev–Trinajstić information content (AvgIpc) is 3.02. The van der Waals surface area contributed by atoms with E-state index in [1.54, 1.807) is 0 Å². The molecule has 2 heterocycles. The summed E-state index contributed by atoms with van der Waals surface area (Å²) in [5.41, 5.74) is 4.26. The van der Waals surface area contributed by atoms with Crippen molar-refractivity contribution in [3.8, 4) is 0 Å². The molecule has 0 saturated carbocycles. The van der Waals surface area contributed by atoms with Crippen molar-refractivity contribution >= 4 is 28.3 Å². The number of nitrogens with zero attached hydrogens (tertiary/aromatic N) is 2. The molecule has 0 bridgehead atoms. The predicted molar refractivity (Wildman–Crippen MR) is 93.3 cm³/mol. The maximum absolute atomic E-state index is 5.93. The molecule has 2 aromatic carbocycles. The van der Waals surface area contributed by atoms with Gasteiger partial charge < -0.3 is 4.42 Å². The number of hydrogen-bond acceptors (Lipinski definition) is 3. The molecule has 3 nitrogen and oxygen atoms in total. The van der Waals surface area contributed by atoms with Crippen LogP contribution in [-0.4, -0.2) is 23.0 Å². The van der Waals surface area contributed by atoms with Crippen molar-refractivity contribution in [1.29, 1.82) is 0 Å². The van der Waals surface area contributed by atoms with Gasteiger partial charge in [-0.2, -0.15) is 0 Å². The van der Waals surface area contributed by atoms with Crippen LogP contribution in [-0.2, 0) is 6.54 Å². The van der Waals surface area contributed by atoms with E-state index in [4.69, 9.17) is 16.0 Å². The van der Waals surface area contributed by atoms with Crippen LogP contribution in [0.1, 0.15) is 17.9 Å². The van der Waals surface area contributed by atoms with E-state index in [1.807, 2.05) is 36.4 Å². The van der Waals surface area contributed by atoms with Crippen LogP contribution in [0.5, 0.6) is 0 Å². The van der Waals surface area contributed by atoms with Crippen molar-refractivity contribution in [2.45, 2.75) is 13.0 Å². The molecule has 0 atom stereocenters. The smallest absolute Gasteiger partial charge is 0.222 e. The maximum Gasteiger partial charge on any atom is 0.222 e. The third kappa shape index (κ3) is 3.16. The summed E-state index contributed by atoms with van der Waals surface area (Å²) < 4.78 is 5.86. The summed E-state index contributed by atoms with van der Waals surface area (Å²) in [4.78, 5) is 7.00. The Morgan fingerprint density at radius 1 is 1.09 bits per heavy atom. The molecule has 0 aliphatic carbocycles. The predicted octanol–water partition coefficient (Wildman–Crippen LogP) is 4.77. The molecule has 1 aromatic heterocycles. The molecular weight excluding hydrogens is 308 g/mol. The molecule has 0 saturated heterocycles. The highest BCUT2D eigenvalue weighted by Gasteiger charge is 2.17. The molecule has 3 aromatic rings. The minimum Gasteiger partial charge on any atom is -0.436 e. The zero-order valence-electron chi connectivity index (χ0n) is 12.7. The first-order chi connectivity index (χ1) is 11.3. The first-order valence-corrected chi connectivity index (χ1v) is 8.17. The summed E-state index contributed by atoms with van der Waals surface area (Å²) in [7, 11) is 0. The highest BCUT2D eigenvalue weighted by molar-refractivity contribution is 6.30. The van der Waals surface area contributed by atoms with E-state index in [0.29, 0.717) is 0 Å². The number of benzene rings is 2. The van der Waals surface area contributed by atoms with Crippen molar-refractivity contribution < 1.29 is 4.42 Å². The highest BCUT2D eigenvalue weighted by Crippen LogP contribution is 2.26. The van der Waals surface area contributed by atoms with Gasteiger partial charge in [0.05, 0.1) is 0 Å². The molecule has 0 N–H and O–H groups in total. The van der Waals surface area contributed by atoms with E-state index in [-0.39, 0.29) is 0 Å². The average molecular weight is 325 g/mol. The van der Waals surface area contributed by atoms with Gasteiger partial charge in [0, 0.05) is 30.2 Å². The van der Waals surface area contributed by atoms with E-state index in [0.717, 1.165) is 48.1 Å². The number of para-hydroxylation sites is 2. The fourth-order valence-electron chi connectivity index (χ4n) is 2.91. The second-order valence-electron chi connectivity index (χ2n) is 5.83. The molecule has 0 amide bonds. The Morgan fingerprint density at radius 3 is 2.65 bits per heavy atom. The van der Waals surface area contributed by atoms with Crippen molar-refractivity contribution in [2.75, 3.05) is 13.1 Å². The lowest BCUT2D eigenvalue weighted by atomic mass is 10.1. The molecular formula is C19H17ClN2O. The van der Waals surface area contributed by atoms with Gasteiger partial charge in [0.25, 0.3) is 0 Å². The summed E-state index contributed by atoms with van der Waals surface area (Å²) in [6.07, 6.45) is 3.19. The van der Waals surface area contributed by atoms with Gasteiger partial charge in [-0.3, -0.25) is 4.90 Å². The first-order valence-electron chi connectivity index (χ1n) is 7.80. The Labute approximate surface area is 140 Å². The Morgan fingerprint density at radius 2 is 1.91 bits per heavy atom. The van der Waals surface area contributed by atoms with E-state index < -0.39 is 0 Å². The zero-order chi connectivity index (χ0) is 15.6. The molecule has 1 aliphatic heterocycles. The van der Waals surface area contributed by atoms with Crippen LogP contribution < -0.4 is 0 Å². The summed E-state index contributed by atoms with van der Waals surface area (Å²) in [6, 6.07) is 16.0. The topological polar surface area (TPSA) is 29.3 Å². The SMILES string of the molecule is Clc1ccc(CN2CC=C(c3nc4ccccc4o3)CC2)cc1. The lowest BCUT2D eigenvalue weighted by Crippen LogP contribution is -2.28. The third-order valence-electron chi connectivity index (χ3n) is 4.18. The number of hydrogen-bond donors (Lipinski definition) is 0. The summed E-state index contributed by atoms with van der Waals surface area (Å²) in [5.74, 6) is 0.761. The lowest BCUT2D eigenvalue weighted by Gasteiger charge is -2.25. The second kappa shape index (κ2) is 6.19. The van der Waals surface area contributed by atoms with Crippen LogP contribution >= 0.6 is 11.6 Å². The Kier molecular flexibility index (Phi) is 3.90. The molecule has 4 heteroatoms. The monoisotopic (exact) mass is 324 g/mol. The number of rotatable bonds is 3. The first kappa shape index (κ1) is 14.5. The number of aromatic nitrogens is 1. The van der Waals surface area contributed by atoms with Gasteiger partial charge in [-0.05, 0) is 36.2 Å². The molecule has 4 rings (SSSR count). The quantitative estimate of drug-likeness (QED) is 0.695. The number of oxazole rings is 1. The van der Waals surface area contributed by atoms with Gasteiger partial charge in [-0.25, -0.2) is 4.98 Å². The molecule has 0 fully saturated rings.